The number of aromatic nitrogens is 1. The molecule has 2 rings (SSSR count). The molecule has 0 aliphatic heterocycles. The van der Waals surface area contributed by atoms with Gasteiger partial charge in [-0.25, -0.2) is 13.8 Å². The van der Waals surface area contributed by atoms with Gasteiger partial charge in [0, 0.05) is 13.1 Å². The lowest BCUT2D eigenvalue weighted by Crippen LogP contribution is -2.24. The van der Waals surface area contributed by atoms with E-state index in [1.54, 1.807) is 18.2 Å². The molecule has 0 saturated carbocycles. The van der Waals surface area contributed by atoms with Gasteiger partial charge in [-0.1, -0.05) is 12.1 Å². The smallest absolute Gasteiger partial charge is 0.270 e. The van der Waals surface area contributed by atoms with Crippen molar-refractivity contribution < 1.29 is 13.6 Å². The third-order valence-corrected chi connectivity index (χ3v) is 2.78. The lowest BCUT2D eigenvalue weighted by atomic mass is 10.2. The predicted molar refractivity (Wildman–Crippen MR) is 75.9 cm³/mol. The summed E-state index contributed by atoms with van der Waals surface area (Å²) in [6, 6.07) is 8.56. The van der Waals surface area contributed by atoms with E-state index in [1.165, 1.54) is 6.07 Å². The zero-order valence-corrected chi connectivity index (χ0v) is 11.5. The van der Waals surface area contributed by atoms with Crippen LogP contribution in [-0.4, -0.2) is 17.4 Å². The zero-order chi connectivity index (χ0) is 15.2. The fourth-order valence-electron chi connectivity index (χ4n) is 1.76. The number of benzene rings is 1. The quantitative estimate of drug-likeness (QED) is 0.890. The molecule has 0 unspecified atom stereocenters. The van der Waals surface area contributed by atoms with Crippen LogP contribution in [0.25, 0.3) is 0 Å². The Morgan fingerprint density at radius 1 is 1.19 bits per heavy atom. The first-order valence-electron chi connectivity index (χ1n) is 6.53. The first kappa shape index (κ1) is 14.9. The number of rotatable bonds is 5. The van der Waals surface area contributed by atoms with Crippen LogP contribution in [0, 0.1) is 11.6 Å². The van der Waals surface area contributed by atoms with Gasteiger partial charge in [0.2, 0.25) is 0 Å². The van der Waals surface area contributed by atoms with Crippen LogP contribution >= 0.6 is 0 Å². The van der Waals surface area contributed by atoms with E-state index < -0.39 is 11.6 Å². The van der Waals surface area contributed by atoms with Crippen molar-refractivity contribution in [2.24, 2.45) is 0 Å². The molecule has 21 heavy (non-hydrogen) atoms. The second-order valence-electron chi connectivity index (χ2n) is 4.37. The van der Waals surface area contributed by atoms with Gasteiger partial charge in [0.15, 0.2) is 11.6 Å². The Hall–Kier alpha value is -2.50. The Bertz CT molecular complexity index is 647. The molecule has 0 aliphatic rings. The van der Waals surface area contributed by atoms with Gasteiger partial charge in [-0.2, -0.15) is 0 Å². The van der Waals surface area contributed by atoms with Crippen molar-refractivity contribution in [2.75, 3.05) is 11.9 Å². The van der Waals surface area contributed by atoms with E-state index in [2.05, 4.69) is 15.6 Å². The van der Waals surface area contributed by atoms with Crippen molar-refractivity contribution in [1.82, 2.24) is 10.3 Å². The molecule has 0 spiro atoms. The highest BCUT2D eigenvalue weighted by molar-refractivity contribution is 5.92. The third-order valence-electron chi connectivity index (χ3n) is 2.78. The Balaban J connectivity index is 2.01. The van der Waals surface area contributed by atoms with Crippen molar-refractivity contribution in [3.8, 4) is 0 Å². The summed E-state index contributed by atoms with van der Waals surface area (Å²) in [5.41, 5.74) is 0.737. The van der Waals surface area contributed by atoms with Crippen LogP contribution in [0.15, 0.2) is 36.4 Å². The molecule has 110 valence electrons. The monoisotopic (exact) mass is 291 g/mol. The number of carbonyl (C=O) groups is 1. The summed E-state index contributed by atoms with van der Waals surface area (Å²) in [6.45, 7) is 2.73. The zero-order valence-electron chi connectivity index (χ0n) is 11.5. The average molecular weight is 291 g/mol. The summed E-state index contributed by atoms with van der Waals surface area (Å²) in [5.74, 6) is -1.61. The minimum absolute atomic E-state index is 0.100. The van der Waals surface area contributed by atoms with Crippen LogP contribution in [0.4, 0.5) is 14.6 Å². The van der Waals surface area contributed by atoms with Gasteiger partial charge >= 0.3 is 0 Å². The number of pyridine rings is 1. The molecule has 0 bridgehead atoms. The van der Waals surface area contributed by atoms with E-state index in [0.717, 1.165) is 12.1 Å². The van der Waals surface area contributed by atoms with Crippen molar-refractivity contribution >= 4 is 11.7 Å². The maximum Gasteiger partial charge on any atom is 0.270 e. The standard InChI is InChI=1S/C15H15F2N3O/c1-2-18-14-5-3-4-13(20-14)15(21)19-9-10-6-7-11(16)12(17)8-10/h3-8H,2,9H2,1H3,(H,18,20)(H,19,21). The molecule has 1 heterocycles. The molecule has 2 aromatic rings. The molecule has 2 N–H and O–H groups in total. The van der Waals surface area contributed by atoms with Crippen LogP contribution in [0.5, 0.6) is 0 Å². The van der Waals surface area contributed by atoms with Crippen LogP contribution in [0.3, 0.4) is 0 Å². The molecule has 1 aromatic carbocycles. The number of amides is 1. The van der Waals surface area contributed by atoms with E-state index in [-0.39, 0.29) is 18.1 Å². The van der Waals surface area contributed by atoms with Crippen molar-refractivity contribution in [2.45, 2.75) is 13.5 Å². The van der Waals surface area contributed by atoms with Gasteiger partial charge in [-0.15, -0.1) is 0 Å². The van der Waals surface area contributed by atoms with E-state index in [9.17, 15) is 13.6 Å². The van der Waals surface area contributed by atoms with E-state index >= 15 is 0 Å². The highest BCUT2D eigenvalue weighted by Crippen LogP contribution is 2.09. The minimum atomic E-state index is -0.936. The minimum Gasteiger partial charge on any atom is -0.370 e. The molecule has 0 aliphatic carbocycles. The van der Waals surface area contributed by atoms with Gasteiger partial charge < -0.3 is 10.6 Å². The van der Waals surface area contributed by atoms with Gasteiger partial charge in [-0.05, 0) is 36.8 Å². The van der Waals surface area contributed by atoms with E-state index in [4.69, 9.17) is 0 Å². The topological polar surface area (TPSA) is 54.0 Å². The second kappa shape index (κ2) is 6.78. The molecule has 0 atom stereocenters. The third kappa shape index (κ3) is 3.98. The number of nitrogens with one attached hydrogen (secondary N) is 2. The van der Waals surface area contributed by atoms with Crippen molar-refractivity contribution in [1.29, 1.82) is 0 Å². The first-order valence-corrected chi connectivity index (χ1v) is 6.53. The molecule has 0 saturated heterocycles. The van der Waals surface area contributed by atoms with Gasteiger partial charge in [0.25, 0.3) is 5.91 Å². The summed E-state index contributed by atoms with van der Waals surface area (Å²) >= 11 is 0. The van der Waals surface area contributed by atoms with Crippen molar-refractivity contribution in [3.63, 3.8) is 0 Å². The number of anilines is 1. The largest absolute Gasteiger partial charge is 0.370 e. The van der Waals surface area contributed by atoms with Crippen LogP contribution in [-0.2, 0) is 6.54 Å². The van der Waals surface area contributed by atoms with Gasteiger partial charge in [-0.3, -0.25) is 4.79 Å². The first-order chi connectivity index (χ1) is 10.1. The Morgan fingerprint density at radius 3 is 2.71 bits per heavy atom. The number of hydrogen-bond donors (Lipinski definition) is 2. The molecule has 1 aromatic heterocycles. The molecular weight excluding hydrogens is 276 g/mol. The average Bonchev–Trinajstić information content (AvgIpc) is 2.49. The summed E-state index contributed by atoms with van der Waals surface area (Å²) in [7, 11) is 0. The summed E-state index contributed by atoms with van der Waals surface area (Å²) < 4.78 is 25.9. The second-order valence-corrected chi connectivity index (χ2v) is 4.37. The highest BCUT2D eigenvalue weighted by atomic mass is 19.2. The molecule has 0 fully saturated rings. The lowest BCUT2D eigenvalue weighted by Gasteiger charge is -2.07. The highest BCUT2D eigenvalue weighted by Gasteiger charge is 2.08. The molecular formula is C15H15F2N3O. The summed E-state index contributed by atoms with van der Waals surface area (Å²) in [4.78, 5) is 16.1. The molecule has 1 amide bonds. The number of nitrogens with zero attached hydrogens (tertiary/aromatic N) is 1. The summed E-state index contributed by atoms with van der Waals surface area (Å²) in [5, 5.41) is 5.62. The van der Waals surface area contributed by atoms with Crippen LogP contribution < -0.4 is 10.6 Å². The maximum atomic E-state index is 13.1. The van der Waals surface area contributed by atoms with Crippen LogP contribution in [0.2, 0.25) is 0 Å². The Kier molecular flexibility index (Phi) is 4.81. The number of hydrogen-bond acceptors (Lipinski definition) is 3. The molecule has 4 nitrogen and oxygen atoms in total. The number of carbonyl (C=O) groups excluding carboxylic acids is 1. The maximum absolute atomic E-state index is 13.1. The molecule has 0 radical (unpaired) electrons. The fourth-order valence-corrected chi connectivity index (χ4v) is 1.76. The van der Waals surface area contributed by atoms with Crippen molar-refractivity contribution in [3.05, 3.63) is 59.3 Å². The van der Waals surface area contributed by atoms with E-state index in [1.807, 2.05) is 6.92 Å². The Morgan fingerprint density at radius 2 is 2.00 bits per heavy atom. The lowest BCUT2D eigenvalue weighted by molar-refractivity contribution is 0.0946. The predicted octanol–water partition coefficient (Wildman–Crippen LogP) is 2.72. The fraction of sp³-hybridized carbons (Fsp3) is 0.200. The van der Waals surface area contributed by atoms with Gasteiger partial charge in [0.05, 0.1) is 0 Å². The summed E-state index contributed by atoms with van der Waals surface area (Å²) in [6.07, 6.45) is 0. The Labute approximate surface area is 121 Å². The van der Waals surface area contributed by atoms with E-state index in [0.29, 0.717) is 17.9 Å². The van der Waals surface area contributed by atoms with Gasteiger partial charge in [0.1, 0.15) is 11.5 Å². The van der Waals surface area contributed by atoms with Crippen LogP contribution in [0.1, 0.15) is 23.0 Å². The normalized spacial score (nSPS) is 10.2. The number of halogens is 2. The molecule has 6 heteroatoms. The SMILES string of the molecule is CCNc1cccc(C(=O)NCc2ccc(F)c(F)c2)n1.